The molecule has 0 radical (unpaired) electrons. The fourth-order valence-electron chi connectivity index (χ4n) is 2.22. The molecule has 1 amide bonds. The Labute approximate surface area is 103 Å². The number of benzene rings is 1. The van der Waals surface area contributed by atoms with Crippen molar-refractivity contribution in [2.45, 2.75) is 38.1 Å². The van der Waals surface area contributed by atoms with Crippen LogP contribution in [0.2, 0.25) is 0 Å². The molecule has 1 aromatic rings. The molecule has 0 bridgehead atoms. The summed E-state index contributed by atoms with van der Waals surface area (Å²) in [7, 11) is 0. The normalized spacial score (nSPS) is 19.9. The van der Waals surface area contributed by atoms with Gasteiger partial charge < -0.3 is 10.6 Å². The van der Waals surface area contributed by atoms with Crippen LogP contribution in [0, 0.1) is 0 Å². The van der Waals surface area contributed by atoms with Gasteiger partial charge in [0.25, 0.3) is 0 Å². The lowest BCUT2D eigenvalue weighted by Gasteiger charge is -2.23. The number of rotatable bonds is 4. The van der Waals surface area contributed by atoms with Gasteiger partial charge in [0.1, 0.15) is 0 Å². The highest BCUT2D eigenvalue weighted by atomic mass is 16.1. The van der Waals surface area contributed by atoms with Gasteiger partial charge in [-0.15, -0.1) is 0 Å². The van der Waals surface area contributed by atoms with E-state index in [1.807, 2.05) is 30.3 Å². The van der Waals surface area contributed by atoms with Crippen molar-refractivity contribution in [3.63, 3.8) is 0 Å². The average molecular weight is 232 g/mol. The molecule has 1 heterocycles. The summed E-state index contributed by atoms with van der Waals surface area (Å²) in [4.78, 5) is 11.7. The molecule has 2 rings (SSSR count). The number of hydrogen-bond donors (Lipinski definition) is 2. The summed E-state index contributed by atoms with van der Waals surface area (Å²) < 4.78 is 0. The molecular formula is C14H20N2O. The van der Waals surface area contributed by atoms with Crippen molar-refractivity contribution in [3.05, 3.63) is 30.3 Å². The predicted molar refractivity (Wildman–Crippen MR) is 69.9 cm³/mol. The van der Waals surface area contributed by atoms with Gasteiger partial charge in [-0.1, -0.05) is 24.6 Å². The molecule has 1 aliphatic rings. The van der Waals surface area contributed by atoms with Crippen LogP contribution in [0.3, 0.4) is 0 Å². The van der Waals surface area contributed by atoms with E-state index in [1.54, 1.807) is 0 Å². The van der Waals surface area contributed by atoms with Crippen LogP contribution >= 0.6 is 0 Å². The van der Waals surface area contributed by atoms with Gasteiger partial charge in [0.05, 0.1) is 0 Å². The predicted octanol–water partition coefficient (Wildman–Crippen LogP) is 2.55. The number of nitrogens with one attached hydrogen (secondary N) is 2. The van der Waals surface area contributed by atoms with Crippen molar-refractivity contribution in [3.8, 4) is 0 Å². The van der Waals surface area contributed by atoms with Gasteiger partial charge in [0.15, 0.2) is 0 Å². The minimum atomic E-state index is 0.114. The summed E-state index contributed by atoms with van der Waals surface area (Å²) in [6.45, 7) is 1.10. The zero-order valence-electron chi connectivity index (χ0n) is 10.1. The second kappa shape index (κ2) is 6.40. The second-order valence-electron chi connectivity index (χ2n) is 4.60. The van der Waals surface area contributed by atoms with Crippen molar-refractivity contribution in [2.24, 2.45) is 0 Å². The van der Waals surface area contributed by atoms with Crippen LogP contribution in [0.5, 0.6) is 0 Å². The first-order valence-electron chi connectivity index (χ1n) is 6.43. The highest BCUT2D eigenvalue weighted by molar-refractivity contribution is 5.90. The van der Waals surface area contributed by atoms with Gasteiger partial charge in [-0.3, -0.25) is 4.79 Å². The van der Waals surface area contributed by atoms with Gasteiger partial charge in [-0.2, -0.15) is 0 Å². The maximum Gasteiger partial charge on any atom is 0.224 e. The lowest BCUT2D eigenvalue weighted by Crippen LogP contribution is -2.34. The number of carbonyl (C=O) groups is 1. The van der Waals surface area contributed by atoms with Gasteiger partial charge >= 0.3 is 0 Å². The van der Waals surface area contributed by atoms with Crippen LogP contribution in [-0.4, -0.2) is 18.5 Å². The second-order valence-corrected chi connectivity index (χ2v) is 4.60. The molecule has 3 nitrogen and oxygen atoms in total. The molecule has 1 saturated heterocycles. The smallest absolute Gasteiger partial charge is 0.224 e. The Kier molecular flexibility index (Phi) is 4.56. The number of anilines is 1. The van der Waals surface area contributed by atoms with E-state index >= 15 is 0 Å². The van der Waals surface area contributed by atoms with E-state index in [9.17, 15) is 4.79 Å². The van der Waals surface area contributed by atoms with E-state index in [2.05, 4.69) is 10.6 Å². The Morgan fingerprint density at radius 3 is 2.82 bits per heavy atom. The first kappa shape index (κ1) is 12.1. The average Bonchev–Trinajstić information content (AvgIpc) is 2.39. The Hall–Kier alpha value is -1.35. The van der Waals surface area contributed by atoms with Gasteiger partial charge in [-0.25, -0.2) is 0 Å². The summed E-state index contributed by atoms with van der Waals surface area (Å²) in [6, 6.07) is 10.2. The fraction of sp³-hybridized carbons (Fsp3) is 0.500. The lowest BCUT2D eigenvalue weighted by atomic mass is 10.0. The summed E-state index contributed by atoms with van der Waals surface area (Å²) in [5, 5.41) is 6.37. The van der Waals surface area contributed by atoms with E-state index in [-0.39, 0.29) is 5.91 Å². The molecule has 1 aromatic carbocycles. The van der Waals surface area contributed by atoms with Crippen molar-refractivity contribution in [2.75, 3.05) is 11.9 Å². The first-order valence-corrected chi connectivity index (χ1v) is 6.43. The summed E-state index contributed by atoms with van der Waals surface area (Å²) in [5.74, 6) is 0.114. The minimum absolute atomic E-state index is 0.114. The highest BCUT2D eigenvalue weighted by Crippen LogP contribution is 2.12. The third-order valence-electron chi connectivity index (χ3n) is 3.19. The number of para-hydroxylation sites is 1. The monoisotopic (exact) mass is 232 g/mol. The molecular weight excluding hydrogens is 212 g/mol. The van der Waals surface area contributed by atoms with Crippen molar-refractivity contribution in [1.82, 2.24) is 5.32 Å². The number of piperidine rings is 1. The van der Waals surface area contributed by atoms with Gasteiger partial charge in [-0.05, 0) is 37.9 Å². The van der Waals surface area contributed by atoms with Crippen LogP contribution in [-0.2, 0) is 4.79 Å². The maximum atomic E-state index is 11.7. The highest BCUT2D eigenvalue weighted by Gasteiger charge is 2.13. The third kappa shape index (κ3) is 4.19. The maximum absolute atomic E-state index is 11.7. The number of amides is 1. The van der Waals surface area contributed by atoms with E-state index < -0.39 is 0 Å². The first-order chi connectivity index (χ1) is 8.34. The molecule has 17 heavy (non-hydrogen) atoms. The standard InChI is InChI=1S/C14H20N2O/c17-14(16-13-7-2-1-3-8-13)10-9-12-6-4-5-11-15-12/h1-3,7-8,12,15H,4-6,9-11H2,(H,16,17)/t12-/m0/s1. The molecule has 2 N–H and O–H groups in total. The molecule has 1 atom stereocenters. The zero-order valence-corrected chi connectivity index (χ0v) is 10.1. The minimum Gasteiger partial charge on any atom is -0.326 e. The van der Waals surface area contributed by atoms with Crippen molar-refractivity contribution >= 4 is 11.6 Å². The van der Waals surface area contributed by atoms with E-state index in [1.165, 1.54) is 19.3 Å². The zero-order chi connectivity index (χ0) is 11.9. The van der Waals surface area contributed by atoms with Crippen LogP contribution in [0.1, 0.15) is 32.1 Å². The van der Waals surface area contributed by atoms with Crippen LogP contribution in [0.15, 0.2) is 30.3 Å². The summed E-state index contributed by atoms with van der Waals surface area (Å²) in [6.07, 6.45) is 5.31. The lowest BCUT2D eigenvalue weighted by molar-refractivity contribution is -0.116. The molecule has 0 saturated carbocycles. The Balaban J connectivity index is 1.70. The number of hydrogen-bond acceptors (Lipinski definition) is 2. The van der Waals surface area contributed by atoms with E-state index in [4.69, 9.17) is 0 Å². The molecule has 3 heteroatoms. The van der Waals surface area contributed by atoms with Crippen molar-refractivity contribution in [1.29, 1.82) is 0 Å². The Morgan fingerprint density at radius 2 is 2.12 bits per heavy atom. The molecule has 0 aliphatic carbocycles. The molecule has 0 spiro atoms. The Bertz CT molecular complexity index is 344. The molecule has 0 unspecified atom stereocenters. The van der Waals surface area contributed by atoms with Gasteiger partial charge in [0, 0.05) is 18.2 Å². The van der Waals surface area contributed by atoms with E-state index in [0.717, 1.165) is 18.7 Å². The van der Waals surface area contributed by atoms with E-state index in [0.29, 0.717) is 12.5 Å². The third-order valence-corrected chi connectivity index (χ3v) is 3.19. The molecule has 92 valence electrons. The topological polar surface area (TPSA) is 41.1 Å². The quantitative estimate of drug-likeness (QED) is 0.837. The van der Waals surface area contributed by atoms with Crippen LogP contribution in [0.4, 0.5) is 5.69 Å². The molecule has 1 aliphatic heterocycles. The largest absolute Gasteiger partial charge is 0.326 e. The summed E-state index contributed by atoms with van der Waals surface area (Å²) in [5.41, 5.74) is 0.883. The summed E-state index contributed by atoms with van der Waals surface area (Å²) >= 11 is 0. The number of carbonyl (C=O) groups excluding carboxylic acids is 1. The Morgan fingerprint density at radius 1 is 1.29 bits per heavy atom. The van der Waals surface area contributed by atoms with Gasteiger partial charge in [0.2, 0.25) is 5.91 Å². The fourth-order valence-corrected chi connectivity index (χ4v) is 2.22. The van der Waals surface area contributed by atoms with Crippen molar-refractivity contribution < 1.29 is 4.79 Å². The molecule has 1 fully saturated rings. The molecule has 0 aromatic heterocycles. The van der Waals surface area contributed by atoms with Crippen LogP contribution in [0.25, 0.3) is 0 Å². The van der Waals surface area contributed by atoms with Crippen LogP contribution < -0.4 is 10.6 Å². The SMILES string of the molecule is O=C(CC[C@@H]1CCCCN1)Nc1ccccc1.